The van der Waals surface area contributed by atoms with Crippen LogP contribution in [0.2, 0.25) is 0 Å². The van der Waals surface area contributed by atoms with Crippen LogP contribution >= 0.6 is 0 Å². The van der Waals surface area contributed by atoms with Crippen molar-refractivity contribution in [3.05, 3.63) is 96.6 Å². The summed E-state index contributed by atoms with van der Waals surface area (Å²) in [5, 5.41) is 0. The van der Waals surface area contributed by atoms with Crippen LogP contribution in [-0.2, 0) is 4.79 Å². The van der Waals surface area contributed by atoms with E-state index < -0.39 is 0 Å². The minimum Gasteiger partial charge on any atom is -0.281 e. The van der Waals surface area contributed by atoms with Crippen LogP contribution in [0.15, 0.2) is 91.0 Å². The first-order valence-electron chi connectivity index (χ1n) is 8.07. The molecule has 4 rings (SSSR count). The third kappa shape index (κ3) is 2.63. The van der Waals surface area contributed by atoms with E-state index in [2.05, 4.69) is 24.3 Å². The molecule has 24 heavy (non-hydrogen) atoms. The first-order valence-corrected chi connectivity index (χ1v) is 8.07. The average molecular weight is 311 g/mol. The van der Waals surface area contributed by atoms with E-state index in [1.54, 1.807) is 0 Å². The van der Waals surface area contributed by atoms with Crippen LogP contribution in [0.4, 0.5) is 5.69 Å². The minimum absolute atomic E-state index is 0.112. The molecule has 0 saturated heterocycles. The molecule has 0 bridgehead atoms. The Hall–Kier alpha value is -3.13. The van der Waals surface area contributed by atoms with Gasteiger partial charge in [0.15, 0.2) is 0 Å². The first kappa shape index (κ1) is 14.5. The summed E-state index contributed by atoms with van der Waals surface area (Å²) in [5.41, 5.74) is 5.27. The number of hydrogen-bond donors (Lipinski definition) is 0. The molecule has 0 spiro atoms. The van der Waals surface area contributed by atoms with E-state index in [0.717, 1.165) is 22.5 Å². The fraction of sp³-hybridized carbons (Fsp3) is 0.0455. The maximum Gasteiger partial charge on any atom is 0.235 e. The van der Waals surface area contributed by atoms with Crippen molar-refractivity contribution < 1.29 is 4.79 Å². The van der Waals surface area contributed by atoms with Crippen LogP contribution in [0.25, 0.3) is 16.8 Å². The molecule has 2 nitrogen and oxygen atoms in total. The Balaban J connectivity index is 1.67. The van der Waals surface area contributed by atoms with Gasteiger partial charge in [0.25, 0.3) is 0 Å². The molecule has 0 aliphatic carbocycles. The van der Waals surface area contributed by atoms with Crippen LogP contribution in [0, 0.1) is 0 Å². The Labute approximate surface area is 141 Å². The van der Waals surface area contributed by atoms with Gasteiger partial charge >= 0.3 is 0 Å². The number of benzene rings is 3. The summed E-state index contributed by atoms with van der Waals surface area (Å²) in [7, 11) is 0. The van der Waals surface area contributed by atoms with Crippen molar-refractivity contribution in [2.75, 3.05) is 4.90 Å². The molecular weight excluding hydrogens is 294 g/mol. The van der Waals surface area contributed by atoms with Crippen molar-refractivity contribution in [2.45, 2.75) is 6.42 Å². The molecular formula is C22H17NO. The van der Waals surface area contributed by atoms with Gasteiger partial charge in [-0.25, -0.2) is 0 Å². The van der Waals surface area contributed by atoms with Crippen molar-refractivity contribution in [3.63, 3.8) is 0 Å². The molecule has 1 heterocycles. The fourth-order valence-corrected chi connectivity index (χ4v) is 3.07. The van der Waals surface area contributed by atoms with E-state index in [1.165, 1.54) is 5.56 Å². The van der Waals surface area contributed by atoms with Crippen molar-refractivity contribution in [3.8, 4) is 11.1 Å². The van der Waals surface area contributed by atoms with Crippen LogP contribution in [0.3, 0.4) is 0 Å². The third-order valence-electron chi connectivity index (χ3n) is 4.26. The Morgan fingerprint density at radius 2 is 1.17 bits per heavy atom. The van der Waals surface area contributed by atoms with Gasteiger partial charge in [0.05, 0.1) is 5.70 Å². The van der Waals surface area contributed by atoms with E-state index in [-0.39, 0.29) is 5.91 Å². The predicted octanol–water partition coefficient (Wildman–Crippen LogP) is 5.13. The summed E-state index contributed by atoms with van der Waals surface area (Å²) in [5.74, 6) is 0.112. The molecule has 1 amide bonds. The maximum atomic E-state index is 12.4. The van der Waals surface area contributed by atoms with Gasteiger partial charge in [0, 0.05) is 12.1 Å². The van der Waals surface area contributed by atoms with Crippen LogP contribution in [0.1, 0.15) is 12.0 Å². The zero-order valence-electron chi connectivity index (χ0n) is 13.2. The Kier molecular flexibility index (Phi) is 3.72. The molecule has 0 aromatic heterocycles. The Bertz CT molecular complexity index is 880. The number of carbonyl (C=O) groups is 1. The summed E-state index contributed by atoms with van der Waals surface area (Å²) in [6.45, 7) is 0. The molecule has 0 fully saturated rings. The molecule has 1 aliphatic rings. The van der Waals surface area contributed by atoms with E-state index >= 15 is 0 Å². The van der Waals surface area contributed by atoms with Crippen LogP contribution < -0.4 is 4.90 Å². The van der Waals surface area contributed by atoms with Gasteiger partial charge in [-0.3, -0.25) is 9.69 Å². The number of carbonyl (C=O) groups excluding carboxylic acids is 1. The first-order chi connectivity index (χ1) is 11.8. The molecule has 3 aromatic carbocycles. The van der Waals surface area contributed by atoms with Gasteiger partial charge in [-0.05, 0) is 28.8 Å². The normalized spacial score (nSPS) is 13.9. The number of nitrogens with zero attached hydrogens (tertiary/aromatic N) is 1. The zero-order chi connectivity index (χ0) is 16.4. The van der Waals surface area contributed by atoms with E-state index in [0.29, 0.717) is 6.42 Å². The topological polar surface area (TPSA) is 20.3 Å². The molecule has 1 aliphatic heterocycles. The van der Waals surface area contributed by atoms with Crippen molar-refractivity contribution in [1.82, 2.24) is 0 Å². The lowest BCUT2D eigenvalue weighted by molar-refractivity contribution is -0.116. The molecule has 0 saturated carbocycles. The third-order valence-corrected chi connectivity index (χ3v) is 4.26. The Morgan fingerprint density at radius 3 is 1.79 bits per heavy atom. The number of hydrogen-bond acceptors (Lipinski definition) is 1. The van der Waals surface area contributed by atoms with Gasteiger partial charge < -0.3 is 0 Å². The molecule has 3 aromatic rings. The summed E-state index contributed by atoms with van der Waals surface area (Å²) >= 11 is 0. The van der Waals surface area contributed by atoms with E-state index in [1.807, 2.05) is 71.6 Å². The van der Waals surface area contributed by atoms with E-state index in [4.69, 9.17) is 0 Å². The lowest BCUT2D eigenvalue weighted by Gasteiger charge is -2.21. The SMILES string of the molecule is O=C1CC=C(c2ccccc2)N1c1ccc(-c2ccccc2)cc1. The van der Waals surface area contributed by atoms with Crippen LogP contribution in [0.5, 0.6) is 0 Å². The minimum atomic E-state index is 0.112. The largest absolute Gasteiger partial charge is 0.281 e. The predicted molar refractivity (Wildman–Crippen MR) is 98.4 cm³/mol. The number of anilines is 1. The highest BCUT2D eigenvalue weighted by Crippen LogP contribution is 2.33. The van der Waals surface area contributed by atoms with Crippen molar-refractivity contribution in [1.29, 1.82) is 0 Å². The molecule has 0 radical (unpaired) electrons. The second-order valence-corrected chi connectivity index (χ2v) is 5.80. The highest BCUT2D eigenvalue weighted by atomic mass is 16.2. The molecule has 0 unspecified atom stereocenters. The number of rotatable bonds is 3. The van der Waals surface area contributed by atoms with Gasteiger partial charge in [-0.1, -0.05) is 78.9 Å². The molecule has 0 N–H and O–H groups in total. The van der Waals surface area contributed by atoms with Crippen molar-refractivity contribution in [2.24, 2.45) is 0 Å². The quantitative estimate of drug-likeness (QED) is 0.656. The van der Waals surface area contributed by atoms with Gasteiger partial charge in [0.2, 0.25) is 5.91 Å². The standard InChI is InChI=1S/C22H17NO/c24-22-16-15-21(19-9-5-2-6-10-19)23(22)20-13-11-18(12-14-20)17-7-3-1-4-8-17/h1-15H,16H2. The van der Waals surface area contributed by atoms with Gasteiger partial charge in [-0.15, -0.1) is 0 Å². The smallest absolute Gasteiger partial charge is 0.235 e. The zero-order valence-corrected chi connectivity index (χ0v) is 13.2. The maximum absolute atomic E-state index is 12.4. The second kappa shape index (κ2) is 6.17. The van der Waals surface area contributed by atoms with Crippen LogP contribution in [-0.4, -0.2) is 5.91 Å². The van der Waals surface area contributed by atoms with Gasteiger partial charge in [-0.2, -0.15) is 0 Å². The summed E-state index contributed by atoms with van der Waals surface area (Å²) < 4.78 is 0. The summed E-state index contributed by atoms with van der Waals surface area (Å²) in [4.78, 5) is 14.2. The van der Waals surface area contributed by atoms with E-state index in [9.17, 15) is 4.79 Å². The summed E-state index contributed by atoms with van der Waals surface area (Å²) in [6.07, 6.45) is 2.45. The molecule has 0 atom stereocenters. The summed E-state index contributed by atoms with van der Waals surface area (Å²) in [6, 6.07) is 28.5. The average Bonchev–Trinajstić information content (AvgIpc) is 3.05. The molecule has 2 heteroatoms. The number of amides is 1. The van der Waals surface area contributed by atoms with Crippen molar-refractivity contribution >= 4 is 17.3 Å². The van der Waals surface area contributed by atoms with Gasteiger partial charge in [0.1, 0.15) is 0 Å². The lowest BCUT2D eigenvalue weighted by atomic mass is 10.1. The lowest BCUT2D eigenvalue weighted by Crippen LogP contribution is -2.23. The fourth-order valence-electron chi connectivity index (χ4n) is 3.07. The highest BCUT2D eigenvalue weighted by molar-refractivity contribution is 6.10. The monoisotopic (exact) mass is 311 g/mol. The Morgan fingerprint density at radius 1 is 0.625 bits per heavy atom. The molecule has 116 valence electrons. The highest BCUT2D eigenvalue weighted by Gasteiger charge is 2.25. The second-order valence-electron chi connectivity index (χ2n) is 5.80.